The predicted molar refractivity (Wildman–Crippen MR) is 77.1 cm³/mol. The molecule has 1 aliphatic carbocycles. The first-order chi connectivity index (χ1) is 9.29. The lowest BCUT2D eigenvalue weighted by molar-refractivity contribution is 0.298. The van der Waals surface area contributed by atoms with Gasteiger partial charge < -0.3 is 9.64 Å². The Balaban J connectivity index is 1.57. The van der Waals surface area contributed by atoms with Crippen LogP contribution in [-0.4, -0.2) is 36.6 Å². The second kappa shape index (κ2) is 5.74. The Morgan fingerprint density at radius 2 is 2.26 bits per heavy atom. The first-order valence-corrected chi connectivity index (χ1v) is 7.24. The van der Waals surface area contributed by atoms with Crippen LogP contribution >= 0.6 is 0 Å². The Bertz CT molecular complexity index is 454. The van der Waals surface area contributed by atoms with Crippen LogP contribution in [0.4, 0.5) is 0 Å². The fraction of sp³-hybridized carbons (Fsp3) is 0.562. The van der Waals surface area contributed by atoms with E-state index in [9.17, 15) is 0 Å². The molecule has 0 radical (unpaired) electrons. The monoisotopic (exact) mass is 258 g/mol. The van der Waals surface area contributed by atoms with Crippen LogP contribution in [0, 0.1) is 11.8 Å². The maximum atomic E-state index is 5.75. The molecule has 1 atom stereocenters. The molecule has 1 saturated carbocycles. The second-order valence-corrected chi connectivity index (χ2v) is 5.88. The summed E-state index contributed by atoms with van der Waals surface area (Å²) in [7, 11) is 2.18. The van der Waals surface area contributed by atoms with E-state index in [1.165, 1.54) is 32.4 Å². The molecule has 19 heavy (non-hydrogen) atoms. The topological polar surface area (TPSA) is 25.4 Å². The van der Waals surface area contributed by atoms with Gasteiger partial charge in [0.25, 0.3) is 0 Å². The zero-order valence-corrected chi connectivity index (χ0v) is 11.6. The van der Waals surface area contributed by atoms with Gasteiger partial charge in [0.15, 0.2) is 0 Å². The van der Waals surface area contributed by atoms with Gasteiger partial charge in [0, 0.05) is 12.7 Å². The van der Waals surface area contributed by atoms with E-state index in [0.717, 1.165) is 23.8 Å². The van der Waals surface area contributed by atoms with Crippen molar-refractivity contribution in [2.75, 3.05) is 26.7 Å². The maximum absolute atomic E-state index is 5.75. The van der Waals surface area contributed by atoms with Crippen molar-refractivity contribution in [1.82, 2.24) is 9.88 Å². The summed E-state index contributed by atoms with van der Waals surface area (Å²) in [6, 6.07) is 2.09. The summed E-state index contributed by atoms with van der Waals surface area (Å²) in [5, 5.41) is 0. The molecular weight excluding hydrogens is 236 g/mol. The number of pyridine rings is 1. The van der Waals surface area contributed by atoms with E-state index in [0.29, 0.717) is 5.92 Å². The van der Waals surface area contributed by atoms with E-state index in [-0.39, 0.29) is 0 Å². The third-order valence-electron chi connectivity index (χ3n) is 3.91. The molecule has 2 aliphatic rings. The van der Waals surface area contributed by atoms with Gasteiger partial charge in [-0.3, -0.25) is 4.98 Å². The average molecular weight is 258 g/mol. The Labute approximate surface area is 115 Å². The van der Waals surface area contributed by atoms with Crippen LogP contribution in [0.25, 0.3) is 6.08 Å². The van der Waals surface area contributed by atoms with Crippen LogP contribution < -0.4 is 4.74 Å². The molecule has 102 valence electrons. The number of hydrogen-bond acceptors (Lipinski definition) is 3. The predicted octanol–water partition coefficient (Wildman–Crippen LogP) is 2.84. The summed E-state index contributed by atoms with van der Waals surface area (Å²) in [5.41, 5.74) is 1.14. The van der Waals surface area contributed by atoms with Crippen molar-refractivity contribution < 1.29 is 4.74 Å². The number of aromatic nitrogens is 1. The highest BCUT2D eigenvalue weighted by atomic mass is 16.5. The van der Waals surface area contributed by atoms with Gasteiger partial charge in [0.2, 0.25) is 0 Å². The average Bonchev–Trinajstić information content (AvgIpc) is 3.16. The van der Waals surface area contributed by atoms with Gasteiger partial charge in [0.05, 0.1) is 12.8 Å². The van der Waals surface area contributed by atoms with E-state index in [1.54, 1.807) is 0 Å². The van der Waals surface area contributed by atoms with E-state index < -0.39 is 0 Å². The minimum absolute atomic E-state index is 0.682. The molecule has 1 aromatic heterocycles. The van der Waals surface area contributed by atoms with Gasteiger partial charge in [-0.2, -0.15) is 0 Å². The largest absolute Gasteiger partial charge is 0.492 e. The molecule has 1 aliphatic heterocycles. The summed E-state index contributed by atoms with van der Waals surface area (Å²) in [6.45, 7) is 3.22. The van der Waals surface area contributed by atoms with Gasteiger partial charge in [0.1, 0.15) is 5.75 Å². The number of nitrogens with zero attached hydrogens (tertiary/aromatic N) is 2. The third kappa shape index (κ3) is 3.80. The van der Waals surface area contributed by atoms with Gasteiger partial charge in [-0.15, -0.1) is 0 Å². The van der Waals surface area contributed by atoms with Gasteiger partial charge in [-0.1, -0.05) is 12.2 Å². The summed E-state index contributed by atoms with van der Waals surface area (Å²) >= 11 is 0. The molecule has 0 N–H and O–H groups in total. The molecule has 0 bridgehead atoms. The van der Waals surface area contributed by atoms with E-state index in [4.69, 9.17) is 4.74 Å². The first kappa shape index (κ1) is 12.7. The molecule has 1 aromatic rings. The summed E-state index contributed by atoms with van der Waals surface area (Å²) in [6.07, 6.45) is 12.1. The number of rotatable bonds is 5. The number of hydrogen-bond donors (Lipinski definition) is 0. The number of likely N-dealkylation sites (tertiary alicyclic amines) is 1. The highest BCUT2D eigenvalue weighted by Crippen LogP contribution is 2.29. The van der Waals surface area contributed by atoms with Crippen molar-refractivity contribution in [3.05, 3.63) is 30.1 Å². The van der Waals surface area contributed by atoms with Crippen molar-refractivity contribution in [1.29, 1.82) is 0 Å². The first-order valence-electron chi connectivity index (χ1n) is 7.24. The normalized spacial score (nSPS) is 24.2. The molecular formula is C16H22N2O. The summed E-state index contributed by atoms with van der Waals surface area (Å²) in [5.74, 6) is 2.37. The van der Waals surface area contributed by atoms with Gasteiger partial charge in [-0.25, -0.2) is 0 Å². The summed E-state index contributed by atoms with van der Waals surface area (Å²) in [4.78, 5) is 6.63. The molecule has 2 heterocycles. The summed E-state index contributed by atoms with van der Waals surface area (Å²) < 4.78 is 5.75. The lowest BCUT2D eigenvalue weighted by atomic mass is 10.1. The zero-order valence-electron chi connectivity index (χ0n) is 11.6. The fourth-order valence-electron chi connectivity index (χ4n) is 2.48. The standard InChI is InChI=1S/C16H22N2O/c1-18-7-6-13(11-18)2-5-15-8-16(10-17-9-15)19-12-14-3-4-14/h2,5,8-10,13-14H,3-4,6-7,11-12H2,1H3/t13-/m1/s1. The molecule has 3 heteroatoms. The quantitative estimate of drug-likeness (QED) is 0.812. The lowest BCUT2D eigenvalue weighted by Crippen LogP contribution is -2.13. The van der Waals surface area contributed by atoms with Crippen molar-refractivity contribution in [3.8, 4) is 5.75 Å². The maximum Gasteiger partial charge on any atom is 0.138 e. The highest BCUT2D eigenvalue weighted by molar-refractivity contribution is 5.50. The smallest absolute Gasteiger partial charge is 0.138 e. The molecule has 2 fully saturated rings. The van der Waals surface area contributed by atoms with Crippen LogP contribution in [0.3, 0.4) is 0 Å². The van der Waals surface area contributed by atoms with Crippen LogP contribution in [0.5, 0.6) is 5.75 Å². The van der Waals surface area contributed by atoms with Crippen molar-refractivity contribution in [2.24, 2.45) is 11.8 Å². The second-order valence-electron chi connectivity index (χ2n) is 5.88. The van der Waals surface area contributed by atoms with Gasteiger partial charge in [-0.05, 0) is 56.3 Å². The number of ether oxygens (including phenoxy) is 1. The molecule has 0 unspecified atom stereocenters. The highest BCUT2D eigenvalue weighted by Gasteiger charge is 2.21. The van der Waals surface area contributed by atoms with Gasteiger partial charge >= 0.3 is 0 Å². The fourth-order valence-corrected chi connectivity index (χ4v) is 2.48. The van der Waals surface area contributed by atoms with Crippen molar-refractivity contribution in [3.63, 3.8) is 0 Å². The minimum atomic E-state index is 0.682. The molecule has 3 rings (SSSR count). The van der Waals surface area contributed by atoms with E-state index in [2.05, 4.69) is 35.1 Å². The Morgan fingerprint density at radius 1 is 1.37 bits per heavy atom. The van der Waals surface area contributed by atoms with E-state index in [1.807, 2.05) is 12.4 Å². The Morgan fingerprint density at radius 3 is 3.00 bits per heavy atom. The Hall–Kier alpha value is -1.35. The van der Waals surface area contributed by atoms with E-state index >= 15 is 0 Å². The molecule has 0 aromatic carbocycles. The van der Waals surface area contributed by atoms with Crippen LogP contribution in [0.15, 0.2) is 24.5 Å². The zero-order chi connectivity index (χ0) is 13.1. The molecule has 1 saturated heterocycles. The third-order valence-corrected chi connectivity index (χ3v) is 3.91. The SMILES string of the molecule is CN1CC[C@@H](C=Cc2cncc(OCC3CC3)c2)C1. The van der Waals surface area contributed by atoms with Crippen LogP contribution in [0.2, 0.25) is 0 Å². The molecule has 0 spiro atoms. The van der Waals surface area contributed by atoms with Crippen LogP contribution in [0.1, 0.15) is 24.8 Å². The Kier molecular flexibility index (Phi) is 3.83. The molecule has 0 amide bonds. The lowest BCUT2D eigenvalue weighted by Gasteiger charge is -2.06. The van der Waals surface area contributed by atoms with Crippen LogP contribution in [-0.2, 0) is 0 Å². The minimum Gasteiger partial charge on any atom is -0.492 e. The van der Waals surface area contributed by atoms with Crippen molar-refractivity contribution in [2.45, 2.75) is 19.3 Å². The molecule has 3 nitrogen and oxygen atoms in total. The van der Waals surface area contributed by atoms with Crippen molar-refractivity contribution >= 4 is 6.08 Å².